The molecule has 0 radical (unpaired) electrons. The molecule has 0 saturated carbocycles. The average Bonchev–Trinajstić information content (AvgIpc) is 3.33. The maximum absolute atomic E-state index is 10.6. The maximum atomic E-state index is 10.6. The van der Waals surface area contributed by atoms with Crippen molar-refractivity contribution in [2.24, 2.45) is 5.92 Å². The summed E-state index contributed by atoms with van der Waals surface area (Å²) in [6, 6.07) is 5.81. The van der Waals surface area contributed by atoms with E-state index in [-0.39, 0.29) is 0 Å². The maximum Gasteiger partial charge on any atom is 0.490 e. The number of imidazole rings is 1. The molecule has 35 heavy (non-hydrogen) atoms. The third-order valence-electron chi connectivity index (χ3n) is 5.18. The number of methoxy groups -OCH3 is 1. The van der Waals surface area contributed by atoms with Gasteiger partial charge in [-0.1, -0.05) is 37.6 Å². The highest BCUT2D eigenvalue weighted by Crippen LogP contribution is 2.32. The number of benzene rings is 1. The average molecular weight is 513 g/mol. The van der Waals surface area contributed by atoms with Gasteiger partial charge in [-0.15, -0.1) is 5.10 Å². The Kier molecular flexibility index (Phi) is 8.05. The molecule has 188 valence electrons. The first-order chi connectivity index (χ1) is 16.5. The van der Waals surface area contributed by atoms with E-state index in [9.17, 15) is 13.2 Å². The number of carboxylic acid groups (broad SMARTS) is 1. The fourth-order valence-electron chi connectivity index (χ4n) is 3.44. The van der Waals surface area contributed by atoms with Crippen molar-refractivity contribution >= 4 is 29.2 Å². The number of alkyl halides is 3. The van der Waals surface area contributed by atoms with Crippen molar-refractivity contribution in [3.63, 3.8) is 0 Å². The number of halogens is 4. The number of ether oxygens (including phenoxy) is 1. The Morgan fingerprint density at radius 3 is 2.60 bits per heavy atom. The number of hydrogen-bond acceptors (Lipinski definition) is 6. The van der Waals surface area contributed by atoms with E-state index in [1.807, 2.05) is 27.4 Å². The van der Waals surface area contributed by atoms with E-state index in [0.717, 1.165) is 30.2 Å². The first-order valence-electron chi connectivity index (χ1n) is 10.5. The van der Waals surface area contributed by atoms with E-state index in [2.05, 4.69) is 41.4 Å². The van der Waals surface area contributed by atoms with E-state index in [4.69, 9.17) is 31.2 Å². The van der Waals surface area contributed by atoms with Gasteiger partial charge in [-0.05, 0) is 24.5 Å². The minimum Gasteiger partial charge on any atom is -0.494 e. The van der Waals surface area contributed by atoms with Crippen molar-refractivity contribution in [2.75, 3.05) is 12.4 Å². The Morgan fingerprint density at radius 1 is 1.31 bits per heavy atom. The predicted octanol–water partition coefficient (Wildman–Crippen LogP) is 5.20. The highest BCUT2D eigenvalue weighted by atomic mass is 35.5. The summed E-state index contributed by atoms with van der Waals surface area (Å²) in [5.74, 6) is 0.426. The van der Waals surface area contributed by atoms with Crippen molar-refractivity contribution in [1.82, 2.24) is 24.3 Å². The molecule has 4 rings (SSSR count). The molecule has 0 aliphatic carbocycles. The Morgan fingerprint density at radius 2 is 2.03 bits per heavy atom. The van der Waals surface area contributed by atoms with E-state index in [1.165, 1.54) is 0 Å². The third kappa shape index (κ3) is 6.53. The fourth-order valence-corrected chi connectivity index (χ4v) is 3.59. The van der Waals surface area contributed by atoms with Crippen LogP contribution in [0, 0.1) is 5.92 Å². The molecule has 3 heterocycles. The van der Waals surface area contributed by atoms with E-state index >= 15 is 0 Å². The molecule has 9 nitrogen and oxygen atoms in total. The number of nitrogens with one attached hydrogen (secondary N) is 1. The number of carbonyl (C=O) groups is 1. The van der Waals surface area contributed by atoms with Gasteiger partial charge in [0.25, 0.3) is 0 Å². The SMILES string of the molecule is COc1cc(Nc2nc3n(n2)CC=CCC3C(C)C)ccc1-n1cnc(Cl)c1.O=C(O)C(F)(F)F. The van der Waals surface area contributed by atoms with Gasteiger partial charge >= 0.3 is 12.1 Å². The van der Waals surface area contributed by atoms with E-state index in [1.54, 1.807) is 19.6 Å². The van der Waals surface area contributed by atoms with Gasteiger partial charge in [-0.25, -0.2) is 14.5 Å². The molecule has 0 fully saturated rings. The van der Waals surface area contributed by atoms with Crippen molar-refractivity contribution in [3.05, 3.63) is 53.9 Å². The van der Waals surface area contributed by atoms with Gasteiger partial charge < -0.3 is 19.7 Å². The molecule has 1 atom stereocenters. The lowest BCUT2D eigenvalue weighted by Crippen LogP contribution is -2.21. The van der Waals surface area contributed by atoms with Crippen LogP contribution in [0.5, 0.6) is 5.75 Å². The lowest BCUT2D eigenvalue weighted by atomic mass is 9.92. The van der Waals surface area contributed by atoms with Crippen LogP contribution in [0.1, 0.15) is 32.0 Å². The lowest BCUT2D eigenvalue weighted by molar-refractivity contribution is -0.192. The molecular formula is C22H24ClF3N6O3. The van der Waals surface area contributed by atoms with Crippen molar-refractivity contribution < 1.29 is 27.8 Å². The van der Waals surface area contributed by atoms with Crippen LogP contribution in [0.3, 0.4) is 0 Å². The van der Waals surface area contributed by atoms with Gasteiger partial charge in [0.05, 0.1) is 19.3 Å². The van der Waals surface area contributed by atoms with Crippen LogP contribution in [0.2, 0.25) is 5.15 Å². The molecule has 0 saturated heterocycles. The minimum absolute atomic E-state index is 0.365. The van der Waals surface area contributed by atoms with Crippen molar-refractivity contribution in [3.8, 4) is 11.4 Å². The van der Waals surface area contributed by atoms with Crippen LogP contribution >= 0.6 is 11.6 Å². The summed E-state index contributed by atoms with van der Waals surface area (Å²) in [7, 11) is 1.64. The van der Waals surface area contributed by atoms with Crippen molar-refractivity contribution in [2.45, 2.75) is 38.9 Å². The molecule has 2 aromatic heterocycles. The van der Waals surface area contributed by atoms with Crippen LogP contribution in [0.25, 0.3) is 5.69 Å². The number of aromatic nitrogens is 5. The quantitative estimate of drug-likeness (QED) is 0.452. The highest BCUT2D eigenvalue weighted by molar-refractivity contribution is 6.29. The molecule has 2 N–H and O–H groups in total. The molecule has 3 aromatic rings. The highest BCUT2D eigenvalue weighted by Gasteiger charge is 2.38. The van der Waals surface area contributed by atoms with Crippen LogP contribution in [-0.2, 0) is 11.3 Å². The topological polar surface area (TPSA) is 107 Å². The molecule has 0 amide bonds. The molecular weight excluding hydrogens is 489 g/mol. The molecule has 1 aromatic carbocycles. The van der Waals surface area contributed by atoms with Gasteiger partial charge in [0.15, 0.2) is 0 Å². The number of carboxylic acids is 1. The molecule has 1 unspecified atom stereocenters. The summed E-state index contributed by atoms with van der Waals surface area (Å²) in [4.78, 5) is 17.7. The van der Waals surface area contributed by atoms with E-state index in [0.29, 0.717) is 28.7 Å². The number of allylic oxidation sites excluding steroid dienone is 2. The zero-order chi connectivity index (χ0) is 25.8. The number of anilines is 2. The van der Waals surface area contributed by atoms with Gasteiger partial charge in [-0.3, -0.25) is 0 Å². The molecule has 0 bridgehead atoms. The van der Waals surface area contributed by atoms with Crippen molar-refractivity contribution in [1.29, 1.82) is 0 Å². The fraction of sp³-hybridized carbons (Fsp3) is 0.364. The molecule has 1 aliphatic rings. The Bertz CT molecular complexity index is 1210. The van der Waals surface area contributed by atoms with Crippen LogP contribution in [0.15, 0.2) is 42.9 Å². The zero-order valence-electron chi connectivity index (χ0n) is 19.1. The summed E-state index contributed by atoms with van der Waals surface area (Å²) in [5, 5.41) is 15.5. The van der Waals surface area contributed by atoms with E-state index < -0.39 is 12.1 Å². The van der Waals surface area contributed by atoms with Gasteiger partial charge in [0.1, 0.15) is 23.1 Å². The first-order valence-corrected chi connectivity index (χ1v) is 10.9. The monoisotopic (exact) mass is 512 g/mol. The van der Waals surface area contributed by atoms with Crippen LogP contribution in [0.4, 0.5) is 24.8 Å². The first kappa shape index (κ1) is 26.1. The number of nitrogens with zero attached hydrogens (tertiary/aromatic N) is 5. The molecule has 1 aliphatic heterocycles. The van der Waals surface area contributed by atoms with Crippen LogP contribution in [-0.4, -0.2) is 48.7 Å². The smallest absolute Gasteiger partial charge is 0.490 e. The predicted molar refractivity (Wildman–Crippen MR) is 123 cm³/mol. The summed E-state index contributed by atoms with van der Waals surface area (Å²) in [5.41, 5.74) is 1.70. The summed E-state index contributed by atoms with van der Waals surface area (Å²) in [6.45, 7) is 5.20. The van der Waals surface area contributed by atoms with Gasteiger partial charge in [-0.2, -0.15) is 18.2 Å². The number of aliphatic carboxylic acids is 1. The van der Waals surface area contributed by atoms with Crippen LogP contribution < -0.4 is 10.1 Å². The summed E-state index contributed by atoms with van der Waals surface area (Å²) >= 11 is 5.93. The lowest BCUT2D eigenvalue weighted by Gasteiger charge is -2.16. The second kappa shape index (κ2) is 10.8. The Labute approximate surface area is 204 Å². The molecule has 13 heteroatoms. The van der Waals surface area contributed by atoms with Gasteiger partial charge in [0, 0.05) is 23.9 Å². The minimum atomic E-state index is -5.08. The largest absolute Gasteiger partial charge is 0.494 e. The third-order valence-corrected chi connectivity index (χ3v) is 5.37. The Balaban J connectivity index is 0.000000429. The number of hydrogen-bond donors (Lipinski definition) is 2. The van der Waals surface area contributed by atoms with Gasteiger partial charge in [0.2, 0.25) is 5.95 Å². The second-order valence-corrected chi connectivity index (χ2v) is 8.34. The summed E-state index contributed by atoms with van der Waals surface area (Å²) < 4.78 is 41.1. The Hall–Kier alpha value is -3.54. The molecule has 0 spiro atoms. The second-order valence-electron chi connectivity index (χ2n) is 7.95. The number of rotatable bonds is 5. The zero-order valence-corrected chi connectivity index (χ0v) is 19.9. The standard InChI is InChI=1S/C20H23ClN6O.C2HF3O2/c1-13(2)15-6-4-5-9-27-19(15)24-20(25-27)23-14-7-8-16(17(10-14)28-3)26-11-18(21)22-12-26;3-2(4,5)1(6)7/h4-5,7-8,10-13,15H,6,9H2,1-3H3,(H,23,25);(H,6,7). The number of fused-ring (bicyclic) bond motifs is 1. The summed E-state index contributed by atoms with van der Waals surface area (Å²) in [6.07, 6.45) is 3.67. The normalized spacial score (nSPS) is 15.1.